The third-order valence-electron chi connectivity index (χ3n) is 3.02. The summed E-state index contributed by atoms with van der Waals surface area (Å²) in [6.45, 7) is 2.89. The van der Waals surface area contributed by atoms with Gasteiger partial charge in [-0.25, -0.2) is 4.79 Å². The molecule has 0 aliphatic carbocycles. The lowest BCUT2D eigenvalue weighted by atomic mass is 10.1. The van der Waals surface area contributed by atoms with E-state index in [2.05, 4.69) is 10.6 Å². The number of aliphatic carboxylic acids is 1. The van der Waals surface area contributed by atoms with Gasteiger partial charge in [0.25, 0.3) is 0 Å². The van der Waals surface area contributed by atoms with Gasteiger partial charge in [-0.05, 0) is 31.0 Å². The first-order valence-electron chi connectivity index (χ1n) is 6.72. The summed E-state index contributed by atoms with van der Waals surface area (Å²) in [5.41, 5.74) is 1.01. The van der Waals surface area contributed by atoms with Crippen LogP contribution in [0.5, 0.6) is 11.5 Å². The topological polar surface area (TPSA) is 96.9 Å². The Kier molecular flexibility index (Phi) is 4.86. The molecule has 1 atom stereocenters. The highest BCUT2D eigenvalue weighted by Crippen LogP contribution is 2.30. The Morgan fingerprint density at radius 2 is 2.00 bits per heavy atom. The SMILES string of the molecule is C[C@@H](NC(=O)NCCc1ccc2c(c1)OCCO2)C(=O)O. The first kappa shape index (κ1) is 15.0. The summed E-state index contributed by atoms with van der Waals surface area (Å²) in [7, 11) is 0. The highest BCUT2D eigenvalue weighted by atomic mass is 16.6. The number of hydrogen-bond acceptors (Lipinski definition) is 4. The van der Waals surface area contributed by atoms with E-state index in [4.69, 9.17) is 14.6 Å². The standard InChI is InChI=1S/C14H18N2O5/c1-9(13(17)18)16-14(19)15-5-4-10-2-3-11-12(8-10)21-7-6-20-11/h2-3,8-9H,4-7H2,1H3,(H,17,18)(H2,15,16,19)/t9-/m1/s1. The Hall–Kier alpha value is -2.44. The number of fused-ring (bicyclic) bond motifs is 1. The smallest absolute Gasteiger partial charge is 0.325 e. The van der Waals surface area contributed by atoms with Crippen molar-refractivity contribution in [3.8, 4) is 11.5 Å². The van der Waals surface area contributed by atoms with Gasteiger partial charge in [0, 0.05) is 6.54 Å². The van der Waals surface area contributed by atoms with Crippen LogP contribution in [0.15, 0.2) is 18.2 Å². The Balaban J connectivity index is 1.78. The van der Waals surface area contributed by atoms with Crippen LogP contribution in [0.25, 0.3) is 0 Å². The minimum Gasteiger partial charge on any atom is -0.486 e. The van der Waals surface area contributed by atoms with Crippen molar-refractivity contribution in [2.45, 2.75) is 19.4 Å². The number of carboxylic acids is 1. The van der Waals surface area contributed by atoms with Gasteiger partial charge < -0.3 is 25.2 Å². The molecule has 0 saturated carbocycles. The molecule has 1 heterocycles. The zero-order valence-corrected chi connectivity index (χ0v) is 11.7. The van der Waals surface area contributed by atoms with Gasteiger partial charge in [0.15, 0.2) is 11.5 Å². The second-order valence-corrected chi connectivity index (χ2v) is 4.69. The number of hydrogen-bond donors (Lipinski definition) is 3. The van der Waals surface area contributed by atoms with Crippen LogP contribution in [0.3, 0.4) is 0 Å². The molecule has 0 aromatic heterocycles. The zero-order chi connectivity index (χ0) is 15.2. The quantitative estimate of drug-likeness (QED) is 0.745. The molecular formula is C14H18N2O5. The van der Waals surface area contributed by atoms with Crippen LogP contribution in [-0.2, 0) is 11.2 Å². The van der Waals surface area contributed by atoms with Crippen molar-refractivity contribution in [1.29, 1.82) is 0 Å². The minimum absolute atomic E-state index is 0.401. The van der Waals surface area contributed by atoms with Gasteiger partial charge in [0.2, 0.25) is 0 Å². The molecule has 2 rings (SSSR count). The lowest BCUT2D eigenvalue weighted by molar-refractivity contribution is -0.138. The first-order valence-corrected chi connectivity index (χ1v) is 6.72. The fourth-order valence-electron chi connectivity index (χ4n) is 1.87. The average Bonchev–Trinajstić information content (AvgIpc) is 2.47. The molecule has 7 nitrogen and oxygen atoms in total. The normalized spacial score (nSPS) is 14.1. The summed E-state index contributed by atoms with van der Waals surface area (Å²) in [6.07, 6.45) is 0.617. The first-order chi connectivity index (χ1) is 10.1. The van der Waals surface area contributed by atoms with E-state index in [0.717, 1.165) is 11.3 Å². The van der Waals surface area contributed by atoms with Crippen LogP contribution in [0.1, 0.15) is 12.5 Å². The number of urea groups is 1. The van der Waals surface area contributed by atoms with Crippen LogP contribution in [0.2, 0.25) is 0 Å². The molecule has 1 aromatic rings. The van der Waals surface area contributed by atoms with Gasteiger partial charge >= 0.3 is 12.0 Å². The number of amides is 2. The molecular weight excluding hydrogens is 276 g/mol. The number of ether oxygens (including phenoxy) is 2. The second kappa shape index (κ2) is 6.83. The largest absolute Gasteiger partial charge is 0.486 e. The summed E-state index contributed by atoms with van der Waals surface area (Å²) in [5, 5.41) is 13.6. The molecule has 3 N–H and O–H groups in total. The van der Waals surface area contributed by atoms with Crippen LogP contribution < -0.4 is 20.1 Å². The monoisotopic (exact) mass is 294 g/mol. The van der Waals surface area contributed by atoms with E-state index < -0.39 is 18.0 Å². The summed E-state index contributed by atoms with van der Waals surface area (Å²) in [5.74, 6) is 0.366. The van der Waals surface area contributed by atoms with Crippen molar-refractivity contribution in [3.05, 3.63) is 23.8 Å². The Bertz CT molecular complexity index is 532. The Morgan fingerprint density at radius 1 is 1.29 bits per heavy atom. The second-order valence-electron chi connectivity index (χ2n) is 4.69. The molecule has 21 heavy (non-hydrogen) atoms. The Labute approximate surface area is 122 Å². The summed E-state index contributed by atoms with van der Waals surface area (Å²) in [4.78, 5) is 22.0. The minimum atomic E-state index is -1.07. The van der Waals surface area contributed by atoms with Crippen LogP contribution in [0, 0.1) is 0 Å². The van der Waals surface area contributed by atoms with Gasteiger partial charge in [-0.15, -0.1) is 0 Å². The molecule has 1 aliphatic heterocycles. The lowest BCUT2D eigenvalue weighted by Gasteiger charge is -2.19. The van der Waals surface area contributed by atoms with E-state index in [1.54, 1.807) is 0 Å². The predicted molar refractivity (Wildman–Crippen MR) is 74.8 cm³/mol. The van der Waals surface area contributed by atoms with E-state index >= 15 is 0 Å². The third kappa shape index (κ3) is 4.27. The molecule has 0 fully saturated rings. The highest BCUT2D eigenvalue weighted by Gasteiger charge is 2.14. The Morgan fingerprint density at radius 3 is 2.71 bits per heavy atom. The molecule has 0 bridgehead atoms. The van der Waals surface area contributed by atoms with E-state index in [1.807, 2.05) is 18.2 Å². The molecule has 114 valence electrons. The summed E-state index contributed by atoms with van der Waals surface area (Å²) >= 11 is 0. The molecule has 0 unspecified atom stereocenters. The van der Waals surface area contributed by atoms with Crippen molar-refractivity contribution < 1.29 is 24.2 Å². The average molecular weight is 294 g/mol. The van der Waals surface area contributed by atoms with Crippen LogP contribution in [0.4, 0.5) is 4.79 Å². The number of carbonyl (C=O) groups is 2. The van der Waals surface area contributed by atoms with Gasteiger partial charge in [-0.2, -0.15) is 0 Å². The van der Waals surface area contributed by atoms with Crippen LogP contribution >= 0.6 is 0 Å². The number of rotatable bonds is 5. The van der Waals surface area contributed by atoms with E-state index in [0.29, 0.717) is 31.9 Å². The summed E-state index contributed by atoms with van der Waals surface area (Å²) < 4.78 is 10.9. The number of benzene rings is 1. The predicted octanol–water partition coefficient (Wildman–Crippen LogP) is 0.773. The van der Waals surface area contributed by atoms with Gasteiger partial charge in [0.1, 0.15) is 19.3 Å². The van der Waals surface area contributed by atoms with Crippen molar-refractivity contribution in [2.24, 2.45) is 0 Å². The molecule has 7 heteroatoms. The maximum absolute atomic E-state index is 11.5. The summed E-state index contributed by atoms with van der Waals surface area (Å²) in [6, 6.07) is 4.22. The number of carbonyl (C=O) groups excluding carboxylic acids is 1. The van der Waals surface area contributed by atoms with E-state index in [1.165, 1.54) is 6.92 Å². The third-order valence-corrected chi connectivity index (χ3v) is 3.02. The highest BCUT2D eigenvalue weighted by molar-refractivity contribution is 5.82. The maximum atomic E-state index is 11.5. The molecule has 1 aromatic carbocycles. The van der Waals surface area contributed by atoms with Gasteiger partial charge in [-0.1, -0.05) is 6.07 Å². The van der Waals surface area contributed by atoms with Gasteiger partial charge in [0.05, 0.1) is 0 Å². The maximum Gasteiger partial charge on any atom is 0.325 e. The molecule has 0 spiro atoms. The van der Waals surface area contributed by atoms with Crippen molar-refractivity contribution >= 4 is 12.0 Å². The number of carboxylic acid groups (broad SMARTS) is 1. The number of nitrogens with one attached hydrogen (secondary N) is 2. The van der Waals surface area contributed by atoms with E-state index in [-0.39, 0.29) is 0 Å². The lowest BCUT2D eigenvalue weighted by Crippen LogP contribution is -2.44. The van der Waals surface area contributed by atoms with Crippen molar-refractivity contribution in [2.75, 3.05) is 19.8 Å². The van der Waals surface area contributed by atoms with Crippen molar-refractivity contribution in [1.82, 2.24) is 10.6 Å². The van der Waals surface area contributed by atoms with Crippen molar-refractivity contribution in [3.63, 3.8) is 0 Å². The molecule has 0 radical (unpaired) electrons. The molecule has 1 aliphatic rings. The fourth-order valence-corrected chi connectivity index (χ4v) is 1.87. The van der Waals surface area contributed by atoms with E-state index in [9.17, 15) is 9.59 Å². The van der Waals surface area contributed by atoms with Crippen LogP contribution in [-0.4, -0.2) is 42.9 Å². The fraction of sp³-hybridized carbons (Fsp3) is 0.429. The molecule has 2 amide bonds. The molecule has 0 saturated heterocycles. The zero-order valence-electron chi connectivity index (χ0n) is 11.7. The van der Waals surface area contributed by atoms with Gasteiger partial charge in [-0.3, -0.25) is 4.79 Å².